The van der Waals surface area contributed by atoms with Crippen LogP contribution in [0.2, 0.25) is 0 Å². The minimum Gasteiger partial charge on any atom is -0.100 e. The smallest absolute Gasteiger partial charge is 0.00817 e. The molecule has 1 unspecified atom stereocenters. The van der Waals surface area contributed by atoms with Crippen molar-refractivity contribution in [3.05, 3.63) is 125 Å². The van der Waals surface area contributed by atoms with Crippen LogP contribution in [0.5, 0.6) is 0 Å². The number of hydrogen-bond donors (Lipinski definition) is 0. The fraction of sp³-hybridized carbons (Fsp3) is 0.476. The maximum atomic E-state index is 3.95. The molecule has 0 aromatic heterocycles. The monoisotopic (exact) mass is 571 g/mol. The molecule has 0 bridgehead atoms. The summed E-state index contributed by atoms with van der Waals surface area (Å²) < 4.78 is 0. The van der Waals surface area contributed by atoms with E-state index in [0.717, 1.165) is 25.7 Å². The third-order valence-electron chi connectivity index (χ3n) is 7.52. The van der Waals surface area contributed by atoms with Crippen LogP contribution in [-0.4, -0.2) is 0 Å². The maximum Gasteiger partial charge on any atom is -0.00817 e. The van der Waals surface area contributed by atoms with E-state index in [1.165, 1.54) is 58.3 Å². The Morgan fingerprint density at radius 2 is 1.57 bits per heavy atom. The van der Waals surface area contributed by atoms with Gasteiger partial charge in [-0.3, -0.25) is 0 Å². The zero-order valence-electron chi connectivity index (χ0n) is 29.8. The summed E-state index contributed by atoms with van der Waals surface area (Å²) >= 11 is 0. The topological polar surface area (TPSA) is 0 Å². The minimum atomic E-state index is 0.306. The molecule has 0 spiro atoms. The van der Waals surface area contributed by atoms with Gasteiger partial charge in [-0.25, -0.2) is 0 Å². The first-order valence-electron chi connectivity index (χ1n) is 16.5. The molecule has 0 heteroatoms. The molecule has 42 heavy (non-hydrogen) atoms. The van der Waals surface area contributed by atoms with Crippen LogP contribution in [0.3, 0.4) is 0 Å². The van der Waals surface area contributed by atoms with Crippen LogP contribution in [0.25, 0.3) is 5.57 Å². The number of hydrogen-bond acceptors (Lipinski definition) is 0. The van der Waals surface area contributed by atoms with Gasteiger partial charge in [0.2, 0.25) is 0 Å². The van der Waals surface area contributed by atoms with Crippen LogP contribution in [0, 0.1) is 12.3 Å². The molecule has 0 fully saturated rings. The van der Waals surface area contributed by atoms with E-state index in [-0.39, 0.29) is 0 Å². The number of rotatable bonds is 11. The van der Waals surface area contributed by atoms with Crippen LogP contribution in [0.15, 0.2) is 114 Å². The molecule has 0 radical (unpaired) electrons. The molecule has 0 nitrogen and oxygen atoms in total. The summed E-state index contributed by atoms with van der Waals surface area (Å²) in [5, 5.41) is 0. The second-order valence-corrected chi connectivity index (χ2v) is 11.0. The highest BCUT2D eigenvalue weighted by Crippen LogP contribution is 2.43. The normalized spacial score (nSPS) is 17.6. The number of benzene rings is 1. The van der Waals surface area contributed by atoms with Gasteiger partial charge in [-0.05, 0) is 114 Å². The third-order valence-corrected chi connectivity index (χ3v) is 7.52. The Morgan fingerprint density at radius 3 is 2.05 bits per heavy atom. The SMILES string of the molecule is C=C(C)CCC(=C\C)/C(/C=C\C)=C/CC.C=C/C=C\C(=C(\C)CC1(C)CCCC=C1C)c1ccc(C)cc1.CC.CC. The summed E-state index contributed by atoms with van der Waals surface area (Å²) in [6.07, 6.45) is 25.6. The molecule has 0 aliphatic heterocycles. The van der Waals surface area contributed by atoms with Crippen LogP contribution >= 0.6 is 0 Å². The second kappa shape index (κ2) is 24.7. The quantitative estimate of drug-likeness (QED) is 0.183. The van der Waals surface area contributed by atoms with Gasteiger partial charge in [0.05, 0.1) is 0 Å². The summed E-state index contributed by atoms with van der Waals surface area (Å²) in [6.45, 7) is 33.4. The van der Waals surface area contributed by atoms with Crippen molar-refractivity contribution in [2.24, 2.45) is 5.41 Å². The molecule has 2 rings (SSSR count). The van der Waals surface area contributed by atoms with Crippen LogP contribution in [0.4, 0.5) is 0 Å². The lowest BCUT2D eigenvalue weighted by Crippen LogP contribution is -2.21. The Labute approximate surface area is 263 Å². The third kappa shape index (κ3) is 16.0. The summed E-state index contributed by atoms with van der Waals surface area (Å²) in [4.78, 5) is 0. The average Bonchev–Trinajstić information content (AvgIpc) is 2.98. The van der Waals surface area contributed by atoms with Gasteiger partial charge in [-0.15, -0.1) is 6.58 Å². The molecule has 1 atom stereocenters. The fourth-order valence-electron chi connectivity index (χ4n) is 5.05. The average molecular weight is 571 g/mol. The predicted molar refractivity (Wildman–Crippen MR) is 197 cm³/mol. The van der Waals surface area contributed by atoms with Gasteiger partial charge in [0, 0.05) is 0 Å². The largest absolute Gasteiger partial charge is 0.100 e. The molecule has 1 aromatic rings. The molecule has 0 N–H and O–H groups in total. The Kier molecular flexibility index (Phi) is 24.3. The van der Waals surface area contributed by atoms with Gasteiger partial charge in [0.15, 0.2) is 0 Å². The summed E-state index contributed by atoms with van der Waals surface area (Å²) in [6, 6.07) is 8.84. The Hall–Kier alpha value is -2.86. The lowest BCUT2D eigenvalue weighted by molar-refractivity contribution is 0.335. The first-order chi connectivity index (χ1) is 20.1. The fourth-order valence-corrected chi connectivity index (χ4v) is 5.05. The van der Waals surface area contributed by atoms with E-state index in [1.54, 1.807) is 5.57 Å². The van der Waals surface area contributed by atoms with E-state index in [1.807, 2.05) is 39.8 Å². The summed E-state index contributed by atoms with van der Waals surface area (Å²) in [7, 11) is 0. The van der Waals surface area contributed by atoms with E-state index in [4.69, 9.17) is 0 Å². The lowest BCUT2D eigenvalue weighted by atomic mass is 9.70. The zero-order valence-corrected chi connectivity index (χ0v) is 29.8. The number of aryl methyl sites for hydroxylation is 1. The van der Waals surface area contributed by atoms with Crippen molar-refractivity contribution in [2.75, 3.05) is 0 Å². The molecule has 0 amide bonds. The van der Waals surface area contributed by atoms with Gasteiger partial charge in [-0.2, -0.15) is 0 Å². The molecule has 1 aromatic carbocycles. The van der Waals surface area contributed by atoms with Crippen molar-refractivity contribution in [1.29, 1.82) is 0 Å². The van der Waals surface area contributed by atoms with E-state index in [0.29, 0.717) is 5.41 Å². The van der Waals surface area contributed by atoms with Crippen molar-refractivity contribution in [1.82, 2.24) is 0 Å². The highest BCUT2D eigenvalue weighted by molar-refractivity contribution is 5.77. The predicted octanol–water partition coefficient (Wildman–Crippen LogP) is 14.3. The highest BCUT2D eigenvalue weighted by Gasteiger charge is 2.29. The van der Waals surface area contributed by atoms with E-state index in [2.05, 4.69) is 129 Å². The van der Waals surface area contributed by atoms with Crippen molar-refractivity contribution in [3.8, 4) is 0 Å². The molecule has 0 saturated heterocycles. The lowest BCUT2D eigenvalue weighted by Gasteiger charge is -2.35. The molecule has 1 aliphatic carbocycles. The summed E-state index contributed by atoms with van der Waals surface area (Å²) in [5.41, 5.74) is 11.3. The standard InChI is InChI=1S/C23H30.C15H24.2C2H6/c1-6-7-11-22(21-14-12-18(2)13-15-21)19(3)17-23(5)16-9-8-10-20(23)4;1-6-9-15(10-7-2)14(8-3)12-11-13(4)5;2*1-2/h6-7,10-15H,1,8-9,16-17H2,2-5H3;6,8-10H,4,7,11-12H2,1-3,5H3;2*1-2H3/b11-7-,22-19+;9-6-,14-8+,15-10+;;. The first kappa shape index (κ1) is 41.3. The minimum absolute atomic E-state index is 0.306. The van der Waals surface area contributed by atoms with Gasteiger partial charge in [0.25, 0.3) is 0 Å². The van der Waals surface area contributed by atoms with Crippen molar-refractivity contribution in [2.45, 2.75) is 128 Å². The zero-order chi connectivity index (χ0) is 32.6. The Bertz CT molecular complexity index is 1080. The van der Waals surface area contributed by atoms with E-state index < -0.39 is 0 Å². The van der Waals surface area contributed by atoms with Crippen LogP contribution < -0.4 is 0 Å². The van der Waals surface area contributed by atoms with Crippen LogP contribution in [-0.2, 0) is 0 Å². The molecule has 1 aliphatic rings. The first-order valence-corrected chi connectivity index (χ1v) is 16.5. The summed E-state index contributed by atoms with van der Waals surface area (Å²) in [5.74, 6) is 0. The van der Waals surface area contributed by atoms with Crippen molar-refractivity contribution in [3.63, 3.8) is 0 Å². The maximum absolute atomic E-state index is 3.95. The second-order valence-electron chi connectivity index (χ2n) is 11.0. The van der Waals surface area contributed by atoms with Gasteiger partial charge in [0.1, 0.15) is 0 Å². The molecule has 0 saturated carbocycles. The van der Waals surface area contributed by atoms with E-state index in [9.17, 15) is 0 Å². The Morgan fingerprint density at radius 1 is 0.952 bits per heavy atom. The number of allylic oxidation sites excluding steroid dienone is 14. The van der Waals surface area contributed by atoms with Crippen LogP contribution in [0.1, 0.15) is 132 Å². The highest BCUT2D eigenvalue weighted by atomic mass is 14.3. The molecular weight excluding hydrogens is 504 g/mol. The van der Waals surface area contributed by atoms with Gasteiger partial charge in [-0.1, -0.05) is 143 Å². The van der Waals surface area contributed by atoms with E-state index >= 15 is 0 Å². The van der Waals surface area contributed by atoms with Crippen molar-refractivity contribution < 1.29 is 0 Å². The van der Waals surface area contributed by atoms with Gasteiger partial charge < -0.3 is 0 Å². The Balaban J connectivity index is 0. The molecule has 234 valence electrons. The molecule has 0 heterocycles. The molecular formula is C42H66. The van der Waals surface area contributed by atoms with Crippen molar-refractivity contribution >= 4 is 5.57 Å². The van der Waals surface area contributed by atoms with Gasteiger partial charge >= 0.3 is 0 Å².